The van der Waals surface area contributed by atoms with Crippen molar-refractivity contribution in [3.8, 4) is 0 Å². The summed E-state index contributed by atoms with van der Waals surface area (Å²) in [6.45, 7) is 14.0. The predicted molar refractivity (Wildman–Crippen MR) is 113 cm³/mol. The van der Waals surface area contributed by atoms with E-state index in [1.54, 1.807) is 0 Å². The van der Waals surface area contributed by atoms with Crippen LogP contribution in [0.2, 0.25) is 0 Å². The van der Waals surface area contributed by atoms with Crippen LogP contribution in [0, 0.1) is 53.8 Å². The molecule has 2 aromatic rings. The molecule has 0 unspecified atom stereocenters. The molecule has 26 heavy (non-hydrogen) atoms. The molecule has 1 fully saturated rings. The van der Waals surface area contributed by atoms with Crippen LogP contribution in [-0.2, 0) is 0 Å². The van der Waals surface area contributed by atoms with Crippen molar-refractivity contribution in [1.29, 1.82) is 0 Å². The Morgan fingerprint density at radius 3 is 1.38 bits per heavy atom. The van der Waals surface area contributed by atoms with Crippen LogP contribution in [0.15, 0.2) is 24.3 Å². The number of rotatable bonds is 4. The molecule has 0 aromatic heterocycles. The van der Waals surface area contributed by atoms with Crippen LogP contribution in [0.1, 0.15) is 59.1 Å². The van der Waals surface area contributed by atoms with Gasteiger partial charge in [-0.25, -0.2) is 0 Å². The first-order valence-electron chi connectivity index (χ1n) is 9.87. The van der Waals surface area contributed by atoms with Gasteiger partial charge in [-0.1, -0.05) is 83.3 Å². The third-order valence-corrected chi connectivity index (χ3v) is 5.96. The van der Waals surface area contributed by atoms with Crippen LogP contribution in [0.4, 0.5) is 0 Å². The first-order valence-corrected chi connectivity index (χ1v) is 9.87. The first kappa shape index (κ1) is 21.4. The smallest absolute Gasteiger partial charge is 0.337 e. The normalized spacial score (nSPS) is 14.4. The Bertz CT molecular complexity index is 668. The van der Waals surface area contributed by atoms with Gasteiger partial charge in [0.2, 0.25) is 0 Å². The van der Waals surface area contributed by atoms with E-state index in [0.717, 1.165) is 5.92 Å². The second kappa shape index (κ2) is 8.86. The second-order valence-corrected chi connectivity index (χ2v) is 8.34. The average Bonchev–Trinajstić information content (AvgIpc) is 2.97. The molecule has 0 radical (unpaired) electrons. The zero-order chi connectivity index (χ0) is 18.1. The van der Waals surface area contributed by atoms with Gasteiger partial charge in [0.15, 0.2) is 0 Å². The molecular formula is C24H32BLi. The maximum absolute atomic E-state index is 2.68. The molecule has 0 aliphatic heterocycles. The standard InChI is InChI=1S/C24H32B.Li/c1-16-11-18(3)23(19(4)12-16)25(15-22-9-7-8-10-22)24-20(5)13-17(2)14-21(24)6;/h11-15,22H,7-10H2,1-6H3;/q-1;+1. The molecule has 0 heterocycles. The van der Waals surface area contributed by atoms with E-state index < -0.39 is 0 Å². The molecule has 0 bridgehead atoms. The largest absolute Gasteiger partial charge is 1.00 e. The molecule has 0 nitrogen and oxygen atoms in total. The van der Waals surface area contributed by atoms with E-state index in [2.05, 4.69) is 72.1 Å². The zero-order valence-electron chi connectivity index (χ0n) is 17.9. The van der Waals surface area contributed by atoms with Crippen molar-refractivity contribution in [1.82, 2.24) is 0 Å². The molecule has 3 rings (SSSR count). The van der Waals surface area contributed by atoms with Crippen LogP contribution in [0.25, 0.3) is 0 Å². The SMILES string of the molecule is Cc1cc(C)c(B([CH-]C2CCCC2)c2c(C)cc(C)cc2C)c(C)c1.[Li+]. The Balaban J connectivity index is 0.00000243. The molecule has 1 saturated carbocycles. The van der Waals surface area contributed by atoms with E-state index in [1.807, 2.05) is 0 Å². The van der Waals surface area contributed by atoms with Crippen molar-refractivity contribution in [2.24, 2.45) is 5.92 Å². The molecule has 2 aromatic carbocycles. The van der Waals surface area contributed by atoms with Gasteiger partial charge in [0.25, 0.3) is 0 Å². The van der Waals surface area contributed by atoms with Crippen molar-refractivity contribution in [2.45, 2.75) is 67.2 Å². The number of hydrogen-bond donors (Lipinski definition) is 0. The van der Waals surface area contributed by atoms with Crippen molar-refractivity contribution in [3.63, 3.8) is 0 Å². The van der Waals surface area contributed by atoms with E-state index >= 15 is 0 Å². The minimum absolute atomic E-state index is 0. The monoisotopic (exact) mass is 338 g/mol. The van der Waals surface area contributed by atoms with Gasteiger partial charge in [-0.2, -0.15) is 5.92 Å². The first-order chi connectivity index (χ1) is 11.9. The van der Waals surface area contributed by atoms with Crippen LogP contribution >= 0.6 is 0 Å². The van der Waals surface area contributed by atoms with E-state index in [1.165, 1.54) is 70.0 Å². The Kier molecular flexibility index (Phi) is 7.29. The molecule has 132 valence electrons. The van der Waals surface area contributed by atoms with E-state index in [0.29, 0.717) is 6.71 Å². The zero-order valence-corrected chi connectivity index (χ0v) is 17.9. The van der Waals surface area contributed by atoms with Crippen molar-refractivity contribution in [3.05, 3.63) is 64.0 Å². The third kappa shape index (κ3) is 4.50. The van der Waals surface area contributed by atoms with Gasteiger partial charge in [0.05, 0.1) is 0 Å². The summed E-state index contributed by atoms with van der Waals surface area (Å²) in [4.78, 5) is 0. The van der Waals surface area contributed by atoms with Gasteiger partial charge in [-0.05, 0) is 41.5 Å². The van der Waals surface area contributed by atoms with Crippen LogP contribution in [0.5, 0.6) is 0 Å². The Labute approximate surface area is 173 Å². The van der Waals surface area contributed by atoms with Crippen molar-refractivity contribution < 1.29 is 18.9 Å². The van der Waals surface area contributed by atoms with Gasteiger partial charge in [0, 0.05) is 6.71 Å². The summed E-state index contributed by atoms with van der Waals surface area (Å²) in [5.41, 5.74) is 11.6. The molecule has 1 aliphatic rings. The molecule has 0 amide bonds. The summed E-state index contributed by atoms with van der Waals surface area (Å²) in [7, 11) is 0. The molecule has 1 aliphatic carbocycles. The molecule has 0 spiro atoms. The number of hydrogen-bond acceptors (Lipinski definition) is 0. The topological polar surface area (TPSA) is 0 Å². The van der Waals surface area contributed by atoms with Gasteiger partial charge in [0.1, 0.15) is 0 Å². The predicted octanol–water partition coefficient (Wildman–Crippen LogP) is 2.08. The van der Waals surface area contributed by atoms with Gasteiger partial charge < -0.3 is 6.32 Å². The summed E-state index contributed by atoms with van der Waals surface area (Å²) >= 11 is 0. The molecule has 0 N–H and O–H groups in total. The minimum Gasteiger partial charge on any atom is -0.337 e. The minimum atomic E-state index is 0. The average molecular weight is 338 g/mol. The number of benzene rings is 2. The van der Waals surface area contributed by atoms with Crippen LogP contribution in [0.3, 0.4) is 0 Å². The number of aryl methyl sites for hydroxylation is 6. The van der Waals surface area contributed by atoms with Gasteiger partial charge in [-0.3, -0.25) is 0 Å². The van der Waals surface area contributed by atoms with E-state index in [9.17, 15) is 0 Å². The molecular weight excluding hydrogens is 306 g/mol. The molecule has 2 heteroatoms. The van der Waals surface area contributed by atoms with Gasteiger partial charge in [-0.15, -0.1) is 10.9 Å². The summed E-state index contributed by atoms with van der Waals surface area (Å²) in [6, 6.07) is 9.43. The van der Waals surface area contributed by atoms with Crippen LogP contribution < -0.4 is 29.8 Å². The quantitative estimate of drug-likeness (QED) is 0.592. The summed E-state index contributed by atoms with van der Waals surface area (Å²) in [6.07, 6.45) is 8.20. The summed E-state index contributed by atoms with van der Waals surface area (Å²) < 4.78 is 0. The van der Waals surface area contributed by atoms with E-state index in [-0.39, 0.29) is 18.9 Å². The summed E-state index contributed by atoms with van der Waals surface area (Å²) in [5, 5.41) is 0. The molecule has 0 saturated heterocycles. The fourth-order valence-corrected chi connectivity index (χ4v) is 5.12. The Morgan fingerprint density at radius 1 is 0.692 bits per heavy atom. The van der Waals surface area contributed by atoms with Gasteiger partial charge >= 0.3 is 18.9 Å². The summed E-state index contributed by atoms with van der Waals surface area (Å²) in [5.74, 6) is 0.769. The Morgan fingerprint density at radius 2 is 1.04 bits per heavy atom. The third-order valence-electron chi connectivity index (χ3n) is 5.96. The molecule has 0 atom stereocenters. The van der Waals surface area contributed by atoms with Crippen molar-refractivity contribution in [2.75, 3.05) is 0 Å². The van der Waals surface area contributed by atoms with Crippen molar-refractivity contribution >= 4 is 17.6 Å². The maximum atomic E-state index is 2.68. The second-order valence-electron chi connectivity index (χ2n) is 8.34. The fraction of sp³-hybridized carbons (Fsp3) is 0.458. The van der Waals surface area contributed by atoms with Crippen LogP contribution in [-0.4, -0.2) is 6.71 Å². The van der Waals surface area contributed by atoms with E-state index in [4.69, 9.17) is 0 Å². The maximum Gasteiger partial charge on any atom is 1.00 e. The fourth-order valence-electron chi connectivity index (χ4n) is 5.12. The Hall–Kier alpha value is -0.898.